The maximum absolute atomic E-state index is 12.3. The second kappa shape index (κ2) is 10.1. The molecule has 0 aliphatic rings. The predicted molar refractivity (Wildman–Crippen MR) is 110 cm³/mol. The van der Waals surface area contributed by atoms with Crippen LogP contribution in [0.2, 0.25) is 0 Å². The standard InChI is InChI=1S/C16H16Cl2N2O6S2/c1-3-25-14(23)12-10(19-7(21)5-17)9-11(20-8(22)6-18)13(15(24)26-4-2)28-16(9)27-12/h3-6H2,1-2H3,(H,19,21)(H,20,22). The van der Waals surface area contributed by atoms with Gasteiger partial charge in [0.1, 0.15) is 21.5 Å². The maximum atomic E-state index is 12.3. The van der Waals surface area contributed by atoms with Gasteiger partial charge >= 0.3 is 11.9 Å². The summed E-state index contributed by atoms with van der Waals surface area (Å²) in [5, 5.41) is 5.41. The van der Waals surface area contributed by atoms with E-state index in [4.69, 9.17) is 32.7 Å². The second-order valence-corrected chi connectivity index (χ2v) is 7.91. The molecule has 0 saturated heterocycles. The molecule has 0 radical (unpaired) electrons. The van der Waals surface area contributed by atoms with E-state index >= 15 is 0 Å². The number of fused-ring (bicyclic) bond motifs is 1. The summed E-state index contributed by atoms with van der Waals surface area (Å²) >= 11 is 13.2. The smallest absolute Gasteiger partial charge is 0.350 e. The van der Waals surface area contributed by atoms with E-state index in [1.54, 1.807) is 13.8 Å². The summed E-state index contributed by atoms with van der Waals surface area (Å²) in [6, 6.07) is 0. The third-order valence-electron chi connectivity index (χ3n) is 3.24. The first-order valence-corrected chi connectivity index (χ1v) is 10.7. The topological polar surface area (TPSA) is 111 Å². The van der Waals surface area contributed by atoms with Crippen molar-refractivity contribution in [2.45, 2.75) is 13.8 Å². The van der Waals surface area contributed by atoms with Crippen LogP contribution in [0.15, 0.2) is 0 Å². The number of halogens is 2. The van der Waals surface area contributed by atoms with Crippen molar-refractivity contribution < 1.29 is 28.7 Å². The second-order valence-electron chi connectivity index (χ2n) is 5.08. The number of carbonyl (C=O) groups is 4. The molecule has 2 rings (SSSR count). The number of alkyl halides is 2. The number of esters is 2. The van der Waals surface area contributed by atoms with E-state index in [9.17, 15) is 19.2 Å². The molecule has 12 heteroatoms. The van der Waals surface area contributed by atoms with Crippen LogP contribution in [0, 0.1) is 0 Å². The molecule has 0 atom stereocenters. The van der Waals surface area contributed by atoms with Crippen LogP contribution < -0.4 is 10.6 Å². The maximum Gasteiger partial charge on any atom is 0.350 e. The Labute approximate surface area is 178 Å². The summed E-state index contributed by atoms with van der Waals surface area (Å²) < 4.78 is 10.6. The van der Waals surface area contributed by atoms with E-state index in [0.717, 1.165) is 22.7 Å². The third-order valence-corrected chi connectivity index (χ3v) is 6.16. The number of hydrogen-bond acceptors (Lipinski definition) is 8. The number of nitrogens with one attached hydrogen (secondary N) is 2. The minimum atomic E-state index is -0.645. The number of anilines is 2. The molecule has 0 aliphatic heterocycles. The number of hydrogen-bond donors (Lipinski definition) is 2. The average molecular weight is 467 g/mol. The zero-order valence-corrected chi connectivity index (χ0v) is 18.0. The molecule has 0 aliphatic carbocycles. The summed E-state index contributed by atoms with van der Waals surface area (Å²) in [4.78, 5) is 48.7. The molecular weight excluding hydrogens is 451 g/mol. The lowest BCUT2D eigenvalue weighted by atomic mass is 10.2. The molecular formula is C16H16Cl2N2O6S2. The van der Waals surface area contributed by atoms with Crippen molar-refractivity contribution in [3.8, 4) is 0 Å². The SMILES string of the molecule is CCOC(=O)c1sc2sc(C(=O)OCC)c(NC(=O)CCl)c2c1NC(=O)CCl. The molecule has 28 heavy (non-hydrogen) atoms. The Hall–Kier alpha value is -1.88. The number of carbonyl (C=O) groups excluding carboxylic acids is 4. The van der Waals surface area contributed by atoms with Crippen LogP contribution in [0.3, 0.4) is 0 Å². The van der Waals surface area contributed by atoms with Crippen molar-refractivity contribution in [3.05, 3.63) is 9.75 Å². The fraction of sp³-hybridized carbons (Fsp3) is 0.375. The van der Waals surface area contributed by atoms with Crippen LogP contribution in [-0.2, 0) is 19.1 Å². The summed E-state index contributed by atoms with van der Waals surface area (Å²) in [6.07, 6.45) is 0. The Bertz CT molecular complexity index is 855. The van der Waals surface area contributed by atoms with Crippen LogP contribution in [0.25, 0.3) is 9.40 Å². The molecule has 2 amide bonds. The fourth-order valence-electron chi connectivity index (χ4n) is 2.23. The van der Waals surface area contributed by atoms with Crippen molar-refractivity contribution in [3.63, 3.8) is 0 Å². The number of rotatable bonds is 8. The number of thiophene rings is 2. The van der Waals surface area contributed by atoms with Crippen LogP contribution in [-0.4, -0.2) is 48.7 Å². The van der Waals surface area contributed by atoms with Gasteiger partial charge in [-0.05, 0) is 13.8 Å². The summed E-state index contributed by atoms with van der Waals surface area (Å²) in [6.45, 7) is 3.57. The highest BCUT2D eigenvalue weighted by Crippen LogP contribution is 2.48. The Morgan fingerprint density at radius 3 is 1.54 bits per heavy atom. The number of ether oxygens (including phenoxy) is 2. The lowest BCUT2D eigenvalue weighted by Gasteiger charge is -2.09. The lowest BCUT2D eigenvalue weighted by molar-refractivity contribution is -0.114. The highest BCUT2D eigenvalue weighted by molar-refractivity contribution is 7.40. The van der Waals surface area contributed by atoms with Crippen molar-refractivity contribution in [1.82, 2.24) is 0 Å². The van der Waals surface area contributed by atoms with Crippen molar-refractivity contribution >= 4 is 90.4 Å². The molecule has 8 nitrogen and oxygen atoms in total. The minimum Gasteiger partial charge on any atom is -0.462 e. The molecule has 152 valence electrons. The Kier molecular flexibility index (Phi) is 8.05. The van der Waals surface area contributed by atoms with Crippen LogP contribution in [0.4, 0.5) is 11.4 Å². The van der Waals surface area contributed by atoms with Crippen molar-refractivity contribution in [2.24, 2.45) is 0 Å². The van der Waals surface area contributed by atoms with Gasteiger partial charge < -0.3 is 20.1 Å². The van der Waals surface area contributed by atoms with Gasteiger partial charge in [-0.15, -0.1) is 45.9 Å². The Balaban J connectivity index is 2.73. The summed E-state index contributed by atoms with van der Waals surface area (Å²) in [5.74, 6) is -3.12. The van der Waals surface area contributed by atoms with Gasteiger partial charge in [0.05, 0.1) is 34.0 Å². The zero-order chi connectivity index (χ0) is 20.8. The normalized spacial score (nSPS) is 10.6. The van der Waals surface area contributed by atoms with Gasteiger partial charge in [0.15, 0.2) is 0 Å². The molecule has 0 unspecified atom stereocenters. The van der Waals surface area contributed by atoms with Gasteiger partial charge in [0.25, 0.3) is 0 Å². The molecule has 2 heterocycles. The average Bonchev–Trinajstić information content (AvgIpc) is 3.19. The molecule has 0 spiro atoms. The Morgan fingerprint density at radius 2 is 1.21 bits per heavy atom. The Morgan fingerprint density at radius 1 is 0.821 bits per heavy atom. The van der Waals surface area contributed by atoms with E-state index in [0.29, 0.717) is 9.40 Å². The zero-order valence-electron chi connectivity index (χ0n) is 14.9. The third kappa shape index (κ3) is 4.75. The lowest BCUT2D eigenvalue weighted by Crippen LogP contribution is -2.17. The largest absolute Gasteiger partial charge is 0.462 e. The van der Waals surface area contributed by atoms with Gasteiger partial charge in [-0.3, -0.25) is 9.59 Å². The van der Waals surface area contributed by atoms with Crippen LogP contribution in [0.1, 0.15) is 33.2 Å². The molecule has 2 aromatic heterocycles. The van der Waals surface area contributed by atoms with Gasteiger partial charge in [-0.1, -0.05) is 0 Å². The van der Waals surface area contributed by atoms with E-state index in [-0.39, 0.29) is 46.1 Å². The molecule has 2 N–H and O–H groups in total. The molecule has 0 saturated carbocycles. The highest BCUT2D eigenvalue weighted by Gasteiger charge is 2.30. The van der Waals surface area contributed by atoms with Crippen LogP contribution in [0.5, 0.6) is 0 Å². The van der Waals surface area contributed by atoms with Crippen molar-refractivity contribution in [1.29, 1.82) is 0 Å². The van der Waals surface area contributed by atoms with Gasteiger partial charge in [0, 0.05) is 0 Å². The van der Waals surface area contributed by atoms with Gasteiger partial charge in [0.2, 0.25) is 11.8 Å². The van der Waals surface area contributed by atoms with Gasteiger partial charge in [-0.25, -0.2) is 9.59 Å². The van der Waals surface area contributed by atoms with Gasteiger partial charge in [-0.2, -0.15) is 0 Å². The monoisotopic (exact) mass is 466 g/mol. The number of amides is 2. The molecule has 0 fully saturated rings. The predicted octanol–water partition coefficient (Wildman–Crippen LogP) is 3.67. The first kappa shape index (κ1) is 22.4. The van der Waals surface area contributed by atoms with E-state index < -0.39 is 23.8 Å². The first-order chi connectivity index (χ1) is 13.4. The quantitative estimate of drug-likeness (QED) is 0.453. The minimum absolute atomic E-state index is 0.112. The molecule has 0 aromatic carbocycles. The first-order valence-electron chi connectivity index (χ1n) is 8.02. The fourth-order valence-corrected chi connectivity index (χ4v) is 4.81. The summed E-state index contributed by atoms with van der Waals surface area (Å²) in [7, 11) is 0. The summed E-state index contributed by atoms with van der Waals surface area (Å²) in [5.41, 5.74) is 0.224. The highest BCUT2D eigenvalue weighted by atomic mass is 35.5. The molecule has 0 bridgehead atoms. The van der Waals surface area contributed by atoms with Crippen molar-refractivity contribution in [2.75, 3.05) is 35.6 Å². The van der Waals surface area contributed by atoms with Crippen LogP contribution >= 0.6 is 45.9 Å². The van der Waals surface area contributed by atoms with E-state index in [1.807, 2.05) is 0 Å². The van der Waals surface area contributed by atoms with E-state index in [2.05, 4.69) is 10.6 Å². The van der Waals surface area contributed by atoms with E-state index in [1.165, 1.54) is 0 Å². The molecule has 2 aromatic rings.